The quantitative estimate of drug-likeness (QED) is 0.827. The summed E-state index contributed by atoms with van der Waals surface area (Å²) in [5.74, 6) is 0.374. The molecule has 0 radical (unpaired) electrons. The summed E-state index contributed by atoms with van der Waals surface area (Å²) >= 11 is 1.38. The normalized spacial score (nSPS) is 12.1. The van der Waals surface area contributed by atoms with E-state index in [0.717, 1.165) is 5.69 Å². The lowest BCUT2D eigenvalue weighted by atomic mass is 10.3. The number of pyridine rings is 1. The Kier molecular flexibility index (Phi) is 5.11. The minimum absolute atomic E-state index is 0.368. The van der Waals surface area contributed by atoms with Crippen molar-refractivity contribution in [1.29, 1.82) is 0 Å². The molecule has 0 aliphatic rings. The van der Waals surface area contributed by atoms with Crippen molar-refractivity contribution in [3.05, 3.63) is 23.9 Å². The van der Waals surface area contributed by atoms with Crippen molar-refractivity contribution < 1.29 is 14.6 Å². The fourth-order valence-corrected chi connectivity index (χ4v) is 2.11. The second-order valence-electron chi connectivity index (χ2n) is 3.22. The molecule has 0 aliphatic heterocycles. The number of hydrogen-bond acceptors (Lipinski definition) is 4. The Labute approximate surface area is 99.0 Å². The maximum absolute atomic E-state index is 10.8. The molecule has 0 amide bonds. The highest BCUT2D eigenvalue weighted by Gasteiger charge is 2.15. The number of carboxylic acid groups (broad SMARTS) is 1. The third-order valence-corrected chi connectivity index (χ3v) is 3.47. The zero-order valence-electron chi connectivity index (χ0n) is 9.34. The largest absolute Gasteiger partial charge is 0.481 e. The van der Waals surface area contributed by atoms with E-state index in [9.17, 15) is 4.79 Å². The predicted molar refractivity (Wildman–Crippen MR) is 63.8 cm³/mol. The van der Waals surface area contributed by atoms with Crippen molar-refractivity contribution in [3.8, 4) is 5.88 Å². The van der Waals surface area contributed by atoms with E-state index >= 15 is 0 Å². The number of carbonyl (C=O) groups is 1. The summed E-state index contributed by atoms with van der Waals surface area (Å²) < 4.78 is 5.00. The third-order valence-electron chi connectivity index (χ3n) is 2.07. The number of nitrogens with zero attached hydrogens (tertiary/aromatic N) is 1. The Bertz CT molecular complexity index is 357. The molecule has 0 saturated heterocycles. The highest BCUT2D eigenvalue weighted by atomic mass is 32.2. The van der Waals surface area contributed by atoms with Crippen molar-refractivity contribution in [2.45, 2.75) is 24.3 Å². The fourth-order valence-electron chi connectivity index (χ4n) is 1.20. The summed E-state index contributed by atoms with van der Waals surface area (Å²) in [7, 11) is 1.56. The zero-order chi connectivity index (χ0) is 12.0. The number of thioether (sulfide) groups is 1. The number of rotatable bonds is 6. The zero-order valence-corrected chi connectivity index (χ0v) is 10.2. The molecule has 1 N–H and O–H groups in total. The van der Waals surface area contributed by atoms with Gasteiger partial charge in [-0.2, -0.15) is 0 Å². The highest BCUT2D eigenvalue weighted by Crippen LogP contribution is 2.20. The van der Waals surface area contributed by atoms with Gasteiger partial charge in [0, 0.05) is 11.8 Å². The molecule has 0 aromatic carbocycles. The number of carboxylic acids is 1. The molecule has 0 bridgehead atoms. The first-order valence-electron chi connectivity index (χ1n) is 5.01. The lowest BCUT2D eigenvalue weighted by molar-refractivity contribution is -0.136. The summed E-state index contributed by atoms with van der Waals surface area (Å²) in [6.45, 7) is 1.87. The summed E-state index contributed by atoms with van der Waals surface area (Å²) in [6, 6.07) is 5.48. The number of methoxy groups -OCH3 is 1. The molecule has 1 heterocycles. The van der Waals surface area contributed by atoms with E-state index in [1.165, 1.54) is 11.8 Å². The molecule has 4 nitrogen and oxygen atoms in total. The topological polar surface area (TPSA) is 59.4 Å². The van der Waals surface area contributed by atoms with Crippen LogP contribution >= 0.6 is 11.8 Å². The van der Waals surface area contributed by atoms with E-state index in [1.54, 1.807) is 13.2 Å². The fraction of sp³-hybridized carbons (Fsp3) is 0.455. The summed E-state index contributed by atoms with van der Waals surface area (Å²) in [5, 5.41) is 8.52. The van der Waals surface area contributed by atoms with E-state index in [-0.39, 0.29) is 5.25 Å². The molecule has 1 unspecified atom stereocenters. The highest BCUT2D eigenvalue weighted by molar-refractivity contribution is 7.99. The van der Waals surface area contributed by atoms with Crippen LogP contribution in [0, 0.1) is 0 Å². The first-order valence-corrected chi connectivity index (χ1v) is 6.06. The molecule has 16 heavy (non-hydrogen) atoms. The minimum atomic E-state index is -0.768. The summed E-state index contributed by atoms with van der Waals surface area (Å²) in [4.78, 5) is 15.0. The van der Waals surface area contributed by atoms with Gasteiger partial charge in [0.05, 0.1) is 12.8 Å². The Morgan fingerprint density at radius 1 is 1.62 bits per heavy atom. The molecular formula is C11H15NO3S. The minimum Gasteiger partial charge on any atom is -0.481 e. The van der Waals surface area contributed by atoms with Crippen LogP contribution in [0.2, 0.25) is 0 Å². The van der Waals surface area contributed by atoms with E-state index in [4.69, 9.17) is 9.84 Å². The molecule has 88 valence electrons. The van der Waals surface area contributed by atoms with E-state index < -0.39 is 5.97 Å². The van der Waals surface area contributed by atoms with Gasteiger partial charge in [-0.1, -0.05) is 13.0 Å². The van der Waals surface area contributed by atoms with Gasteiger partial charge in [0.1, 0.15) is 5.25 Å². The smallest absolute Gasteiger partial charge is 0.316 e. The molecule has 0 aliphatic carbocycles. The number of aromatic nitrogens is 1. The van der Waals surface area contributed by atoms with E-state index in [2.05, 4.69) is 4.98 Å². The van der Waals surface area contributed by atoms with Crippen LogP contribution in [0.5, 0.6) is 5.88 Å². The van der Waals surface area contributed by atoms with Gasteiger partial charge >= 0.3 is 5.97 Å². The Hall–Kier alpha value is -1.23. The van der Waals surface area contributed by atoms with Crippen molar-refractivity contribution in [2.24, 2.45) is 0 Å². The molecule has 1 atom stereocenters. The van der Waals surface area contributed by atoms with Crippen LogP contribution in [-0.4, -0.2) is 28.4 Å². The van der Waals surface area contributed by atoms with Crippen LogP contribution in [0.1, 0.15) is 19.0 Å². The van der Waals surface area contributed by atoms with Crippen LogP contribution < -0.4 is 4.74 Å². The van der Waals surface area contributed by atoms with Crippen LogP contribution in [-0.2, 0) is 10.5 Å². The summed E-state index contributed by atoms with van der Waals surface area (Å²) in [5.41, 5.74) is 0.837. The van der Waals surface area contributed by atoms with Gasteiger partial charge in [-0.25, -0.2) is 4.98 Å². The van der Waals surface area contributed by atoms with Crippen LogP contribution in [0.3, 0.4) is 0 Å². The predicted octanol–water partition coefficient (Wildman–Crippen LogP) is 2.19. The third kappa shape index (κ3) is 3.73. The molecule has 0 spiro atoms. The molecule has 0 fully saturated rings. The van der Waals surface area contributed by atoms with Gasteiger partial charge in [0.15, 0.2) is 0 Å². The monoisotopic (exact) mass is 241 g/mol. The number of aliphatic carboxylic acids is 1. The maximum Gasteiger partial charge on any atom is 0.316 e. The Morgan fingerprint density at radius 3 is 2.94 bits per heavy atom. The molecule has 1 aromatic rings. The van der Waals surface area contributed by atoms with Crippen LogP contribution in [0.25, 0.3) is 0 Å². The molecule has 0 saturated carbocycles. The van der Waals surface area contributed by atoms with E-state index in [0.29, 0.717) is 18.1 Å². The van der Waals surface area contributed by atoms with Crippen molar-refractivity contribution in [2.75, 3.05) is 7.11 Å². The lowest BCUT2D eigenvalue weighted by Gasteiger charge is -2.09. The number of hydrogen-bond donors (Lipinski definition) is 1. The lowest BCUT2D eigenvalue weighted by Crippen LogP contribution is -2.15. The van der Waals surface area contributed by atoms with Crippen LogP contribution in [0.4, 0.5) is 0 Å². The van der Waals surface area contributed by atoms with Crippen molar-refractivity contribution >= 4 is 17.7 Å². The number of ether oxygens (including phenoxy) is 1. The summed E-state index contributed by atoms with van der Waals surface area (Å²) in [6.07, 6.45) is 0.615. The van der Waals surface area contributed by atoms with E-state index in [1.807, 2.05) is 19.1 Å². The Morgan fingerprint density at radius 2 is 2.38 bits per heavy atom. The first kappa shape index (κ1) is 12.8. The molecule has 1 rings (SSSR count). The SMILES string of the molecule is CCC(SCc1cccc(OC)n1)C(=O)O. The molecule has 5 heteroatoms. The van der Waals surface area contributed by atoms with Gasteiger partial charge < -0.3 is 9.84 Å². The standard InChI is InChI=1S/C11H15NO3S/c1-3-9(11(13)14)16-7-8-5-4-6-10(12-8)15-2/h4-6,9H,3,7H2,1-2H3,(H,13,14). The average Bonchev–Trinajstić information content (AvgIpc) is 2.29. The van der Waals surface area contributed by atoms with Gasteiger partial charge in [-0.05, 0) is 12.5 Å². The van der Waals surface area contributed by atoms with Gasteiger partial charge in [-0.3, -0.25) is 4.79 Å². The first-order chi connectivity index (χ1) is 7.67. The molecule has 1 aromatic heterocycles. The van der Waals surface area contributed by atoms with Crippen molar-refractivity contribution in [1.82, 2.24) is 4.98 Å². The maximum atomic E-state index is 10.8. The van der Waals surface area contributed by atoms with Crippen molar-refractivity contribution in [3.63, 3.8) is 0 Å². The Balaban J connectivity index is 2.56. The second kappa shape index (κ2) is 6.37. The van der Waals surface area contributed by atoms with Gasteiger partial charge in [0.2, 0.25) is 5.88 Å². The molecular weight excluding hydrogens is 226 g/mol. The van der Waals surface area contributed by atoms with Crippen LogP contribution in [0.15, 0.2) is 18.2 Å². The van der Waals surface area contributed by atoms with Gasteiger partial charge in [-0.15, -0.1) is 11.8 Å². The van der Waals surface area contributed by atoms with Gasteiger partial charge in [0.25, 0.3) is 0 Å². The second-order valence-corrected chi connectivity index (χ2v) is 4.41. The average molecular weight is 241 g/mol.